The predicted octanol–water partition coefficient (Wildman–Crippen LogP) is 4.36. The summed E-state index contributed by atoms with van der Waals surface area (Å²) in [6.07, 6.45) is 2.80. The van der Waals surface area contributed by atoms with Gasteiger partial charge in [-0.15, -0.1) is 0 Å². The van der Waals surface area contributed by atoms with Gasteiger partial charge in [0.1, 0.15) is 6.29 Å². The topological polar surface area (TPSA) is 17.1 Å². The first-order valence-corrected chi connectivity index (χ1v) is 7.04. The highest BCUT2D eigenvalue weighted by Crippen LogP contribution is 2.48. The van der Waals surface area contributed by atoms with E-state index in [0.717, 1.165) is 44.8 Å². The maximum absolute atomic E-state index is 13.0. The molecule has 2 aliphatic rings. The minimum Gasteiger partial charge on any atom is -0.303 e. The van der Waals surface area contributed by atoms with Gasteiger partial charge in [0, 0.05) is 5.92 Å². The monoisotopic (exact) mass is 262 g/mol. The van der Waals surface area contributed by atoms with Gasteiger partial charge in [0.05, 0.1) is 5.92 Å². The lowest BCUT2D eigenvalue weighted by atomic mass is 9.66. The third kappa shape index (κ3) is 3.07. The summed E-state index contributed by atoms with van der Waals surface area (Å²) < 4.78 is 39.1. The normalized spacial score (nSPS) is 38.4. The van der Waals surface area contributed by atoms with Gasteiger partial charge in [-0.25, -0.2) is 0 Å². The Hall–Kier alpha value is -0.540. The van der Waals surface area contributed by atoms with Crippen LogP contribution in [0.1, 0.15) is 51.4 Å². The predicted molar refractivity (Wildman–Crippen MR) is 63.0 cm³/mol. The maximum Gasteiger partial charge on any atom is 0.392 e. The SMILES string of the molecule is O=CC1CCC(C2CCCCC2C(F)(F)F)CC1. The lowest BCUT2D eigenvalue weighted by Crippen LogP contribution is -2.38. The van der Waals surface area contributed by atoms with E-state index in [-0.39, 0.29) is 17.8 Å². The molecule has 0 heterocycles. The van der Waals surface area contributed by atoms with Gasteiger partial charge < -0.3 is 4.79 Å². The molecule has 2 fully saturated rings. The number of carbonyl (C=O) groups excluding carboxylic acids is 1. The molecule has 2 saturated carbocycles. The van der Waals surface area contributed by atoms with Crippen LogP contribution >= 0.6 is 0 Å². The van der Waals surface area contributed by atoms with E-state index in [1.54, 1.807) is 0 Å². The van der Waals surface area contributed by atoms with Crippen molar-refractivity contribution >= 4 is 6.29 Å². The number of alkyl halides is 3. The molecule has 0 amide bonds. The van der Waals surface area contributed by atoms with Gasteiger partial charge in [-0.1, -0.05) is 12.8 Å². The van der Waals surface area contributed by atoms with Crippen molar-refractivity contribution < 1.29 is 18.0 Å². The summed E-state index contributed by atoms with van der Waals surface area (Å²) in [5, 5.41) is 0. The number of halogens is 3. The molecule has 0 radical (unpaired) electrons. The summed E-state index contributed by atoms with van der Waals surface area (Å²) in [5.74, 6) is -1.00. The molecule has 2 atom stereocenters. The van der Waals surface area contributed by atoms with Crippen LogP contribution in [0.3, 0.4) is 0 Å². The Morgan fingerprint density at radius 2 is 1.50 bits per heavy atom. The number of rotatable bonds is 2. The minimum absolute atomic E-state index is 0.0918. The maximum atomic E-state index is 13.0. The molecule has 0 aromatic heterocycles. The van der Waals surface area contributed by atoms with Crippen LogP contribution < -0.4 is 0 Å². The van der Waals surface area contributed by atoms with Crippen molar-refractivity contribution in [3.63, 3.8) is 0 Å². The highest BCUT2D eigenvalue weighted by Gasteiger charge is 2.47. The van der Waals surface area contributed by atoms with Crippen molar-refractivity contribution in [2.75, 3.05) is 0 Å². The van der Waals surface area contributed by atoms with Gasteiger partial charge in [-0.2, -0.15) is 13.2 Å². The summed E-state index contributed by atoms with van der Waals surface area (Å²) >= 11 is 0. The average molecular weight is 262 g/mol. The Balaban J connectivity index is 1.99. The van der Waals surface area contributed by atoms with Crippen molar-refractivity contribution in [2.24, 2.45) is 23.7 Å². The van der Waals surface area contributed by atoms with E-state index in [9.17, 15) is 18.0 Å². The van der Waals surface area contributed by atoms with Gasteiger partial charge in [0.25, 0.3) is 0 Å². The van der Waals surface area contributed by atoms with E-state index in [0.29, 0.717) is 12.8 Å². The van der Waals surface area contributed by atoms with Crippen molar-refractivity contribution in [3.05, 3.63) is 0 Å². The number of carbonyl (C=O) groups is 1. The molecule has 0 saturated heterocycles. The molecular weight excluding hydrogens is 241 g/mol. The van der Waals surface area contributed by atoms with Crippen molar-refractivity contribution in [3.8, 4) is 0 Å². The first-order valence-electron chi connectivity index (χ1n) is 7.04. The zero-order valence-electron chi connectivity index (χ0n) is 10.6. The Bertz CT molecular complexity index is 279. The average Bonchev–Trinajstić information content (AvgIpc) is 2.38. The van der Waals surface area contributed by atoms with E-state index in [1.807, 2.05) is 0 Å². The van der Waals surface area contributed by atoms with Crippen LogP contribution in [0.15, 0.2) is 0 Å². The lowest BCUT2D eigenvalue weighted by molar-refractivity contribution is -0.203. The van der Waals surface area contributed by atoms with E-state index in [4.69, 9.17) is 0 Å². The Kier molecular flexibility index (Phi) is 4.33. The fourth-order valence-corrected chi connectivity index (χ4v) is 3.84. The summed E-state index contributed by atoms with van der Waals surface area (Å²) in [6, 6.07) is 0. The molecule has 1 nitrogen and oxygen atoms in total. The quantitative estimate of drug-likeness (QED) is 0.676. The number of hydrogen-bond acceptors (Lipinski definition) is 1. The van der Waals surface area contributed by atoms with E-state index in [2.05, 4.69) is 0 Å². The lowest BCUT2D eigenvalue weighted by Gasteiger charge is -2.40. The van der Waals surface area contributed by atoms with Gasteiger partial charge in [-0.05, 0) is 50.4 Å². The molecule has 0 aliphatic heterocycles. The van der Waals surface area contributed by atoms with Crippen LogP contribution in [0.25, 0.3) is 0 Å². The molecule has 0 N–H and O–H groups in total. The summed E-state index contributed by atoms with van der Waals surface area (Å²) in [5.41, 5.74) is 0. The van der Waals surface area contributed by atoms with Crippen LogP contribution in [0, 0.1) is 23.7 Å². The fraction of sp³-hybridized carbons (Fsp3) is 0.929. The smallest absolute Gasteiger partial charge is 0.303 e. The van der Waals surface area contributed by atoms with Crippen LogP contribution in [0.5, 0.6) is 0 Å². The Labute approximate surface area is 106 Å². The van der Waals surface area contributed by atoms with E-state index in [1.165, 1.54) is 0 Å². The largest absolute Gasteiger partial charge is 0.392 e. The van der Waals surface area contributed by atoms with E-state index >= 15 is 0 Å². The summed E-state index contributed by atoms with van der Waals surface area (Å²) in [7, 11) is 0. The van der Waals surface area contributed by atoms with Crippen molar-refractivity contribution in [2.45, 2.75) is 57.5 Å². The second-order valence-corrected chi connectivity index (χ2v) is 5.91. The van der Waals surface area contributed by atoms with Gasteiger partial charge >= 0.3 is 6.18 Å². The summed E-state index contributed by atoms with van der Waals surface area (Å²) in [4.78, 5) is 10.7. The van der Waals surface area contributed by atoms with Gasteiger partial charge in [0.15, 0.2) is 0 Å². The van der Waals surface area contributed by atoms with Gasteiger partial charge in [0.2, 0.25) is 0 Å². The molecule has 0 aromatic carbocycles. The molecule has 0 aromatic rings. The first-order chi connectivity index (χ1) is 8.52. The molecule has 0 spiro atoms. The second kappa shape index (κ2) is 5.62. The molecule has 104 valence electrons. The molecule has 2 rings (SSSR count). The first kappa shape index (κ1) is 13.9. The van der Waals surface area contributed by atoms with Crippen LogP contribution in [-0.2, 0) is 4.79 Å². The Morgan fingerprint density at radius 3 is 2.06 bits per heavy atom. The Morgan fingerprint density at radius 1 is 0.889 bits per heavy atom. The highest BCUT2D eigenvalue weighted by atomic mass is 19.4. The van der Waals surface area contributed by atoms with Crippen molar-refractivity contribution in [1.82, 2.24) is 0 Å². The molecular formula is C14H21F3O. The van der Waals surface area contributed by atoms with E-state index < -0.39 is 12.1 Å². The zero-order valence-corrected chi connectivity index (χ0v) is 10.6. The highest BCUT2D eigenvalue weighted by molar-refractivity contribution is 5.53. The van der Waals surface area contributed by atoms with Crippen LogP contribution in [0.2, 0.25) is 0 Å². The third-order valence-electron chi connectivity index (χ3n) is 4.85. The number of hydrogen-bond donors (Lipinski definition) is 0. The molecule has 18 heavy (non-hydrogen) atoms. The number of aldehydes is 1. The molecule has 0 bridgehead atoms. The molecule has 4 heteroatoms. The third-order valence-corrected chi connectivity index (χ3v) is 4.85. The fourth-order valence-electron chi connectivity index (χ4n) is 3.84. The summed E-state index contributed by atoms with van der Waals surface area (Å²) in [6.45, 7) is 0. The second-order valence-electron chi connectivity index (χ2n) is 5.91. The molecule has 2 unspecified atom stereocenters. The minimum atomic E-state index is -4.04. The van der Waals surface area contributed by atoms with Gasteiger partial charge in [-0.3, -0.25) is 0 Å². The zero-order chi connectivity index (χ0) is 13.2. The standard InChI is InChI=1S/C14H21F3O/c15-14(16,17)13-4-2-1-3-12(13)11-7-5-10(9-18)6-8-11/h9-13H,1-8H2. The molecule has 2 aliphatic carbocycles. The van der Waals surface area contributed by atoms with Crippen LogP contribution in [0.4, 0.5) is 13.2 Å². The van der Waals surface area contributed by atoms with Crippen LogP contribution in [-0.4, -0.2) is 12.5 Å². The van der Waals surface area contributed by atoms with Crippen molar-refractivity contribution in [1.29, 1.82) is 0 Å².